The van der Waals surface area contributed by atoms with Gasteiger partial charge in [-0.2, -0.15) is 9.78 Å². The summed E-state index contributed by atoms with van der Waals surface area (Å²) >= 11 is 1.60. The number of nitrogens with one attached hydrogen (secondary N) is 1. The highest BCUT2D eigenvalue weighted by molar-refractivity contribution is 7.13. The van der Waals surface area contributed by atoms with Crippen LogP contribution in [0.1, 0.15) is 39.9 Å². The normalized spacial score (nSPS) is 11.2. The Hall–Kier alpha value is -3.41. The van der Waals surface area contributed by atoms with E-state index in [2.05, 4.69) is 20.4 Å². The molecule has 4 rings (SSSR count). The lowest BCUT2D eigenvalue weighted by molar-refractivity contribution is 0.0938. The Bertz CT molecular complexity index is 1250. The van der Waals surface area contributed by atoms with Gasteiger partial charge in [-0.15, -0.1) is 11.3 Å². The number of thiophene rings is 1. The van der Waals surface area contributed by atoms with Crippen molar-refractivity contribution in [2.24, 2.45) is 7.05 Å². The van der Waals surface area contributed by atoms with Gasteiger partial charge in [0.2, 0.25) is 0 Å². The molecule has 0 aliphatic carbocycles. The SMILES string of the molecule is CCOCc1c(C(=O)NCc2c(CO)ncn2C)cnn1-c1ncc(C)c(-c2cccs2)n1. The second kappa shape index (κ2) is 10.0. The highest BCUT2D eigenvalue weighted by atomic mass is 32.1. The van der Waals surface area contributed by atoms with Crippen molar-refractivity contribution in [1.29, 1.82) is 0 Å². The number of aliphatic hydroxyl groups excluding tert-OH is 1. The van der Waals surface area contributed by atoms with Gasteiger partial charge < -0.3 is 19.7 Å². The Morgan fingerprint density at radius 2 is 2.12 bits per heavy atom. The highest BCUT2D eigenvalue weighted by Crippen LogP contribution is 2.26. The van der Waals surface area contributed by atoms with Crippen LogP contribution in [-0.4, -0.2) is 46.9 Å². The third-order valence-corrected chi connectivity index (χ3v) is 6.05. The van der Waals surface area contributed by atoms with E-state index in [4.69, 9.17) is 9.72 Å². The van der Waals surface area contributed by atoms with E-state index in [0.29, 0.717) is 29.5 Å². The van der Waals surface area contributed by atoms with Crippen LogP contribution in [0.4, 0.5) is 0 Å². The summed E-state index contributed by atoms with van der Waals surface area (Å²) in [6, 6.07) is 3.98. The van der Waals surface area contributed by atoms with Crippen LogP contribution >= 0.6 is 11.3 Å². The molecule has 0 aromatic carbocycles. The fourth-order valence-corrected chi connectivity index (χ4v) is 4.17. The van der Waals surface area contributed by atoms with Crippen molar-refractivity contribution < 1.29 is 14.6 Å². The van der Waals surface area contributed by atoms with Crippen LogP contribution in [0.5, 0.6) is 0 Å². The fourth-order valence-electron chi connectivity index (χ4n) is 3.39. The van der Waals surface area contributed by atoms with Crippen molar-refractivity contribution >= 4 is 17.2 Å². The second-order valence-electron chi connectivity index (χ2n) is 7.32. The van der Waals surface area contributed by atoms with Crippen molar-refractivity contribution in [3.63, 3.8) is 0 Å². The average molecular weight is 468 g/mol. The number of ether oxygens (including phenoxy) is 1. The lowest BCUT2D eigenvalue weighted by Gasteiger charge is -2.11. The summed E-state index contributed by atoms with van der Waals surface area (Å²) in [7, 11) is 1.81. The minimum atomic E-state index is -0.313. The van der Waals surface area contributed by atoms with Crippen LogP contribution in [0.3, 0.4) is 0 Å². The summed E-state index contributed by atoms with van der Waals surface area (Å²) in [4.78, 5) is 27.4. The minimum Gasteiger partial charge on any atom is -0.390 e. The molecular formula is C22H25N7O3S. The predicted molar refractivity (Wildman–Crippen MR) is 123 cm³/mol. The Balaban J connectivity index is 1.65. The molecule has 2 N–H and O–H groups in total. The van der Waals surface area contributed by atoms with Crippen LogP contribution < -0.4 is 5.32 Å². The lowest BCUT2D eigenvalue weighted by Crippen LogP contribution is -2.25. The lowest BCUT2D eigenvalue weighted by atomic mass is 10.2. The molecule has 4 aromatic heterocycles. The molecule has 0 saturated heterocycles. The van der Waals surface area contributed by atoms with Crippen LogP contribution in [0.15, 0.2) is 36.2 Å². The number of carbonyl (C=O) groups excluding carboxylic acids is 1. The van der Waals surface area contributed by atoms with E-state index < -0.39 is 0 Å². The number of amides is 1. The number of aromatic nitrogens is 6. The van der Waals surface area contributed by atoms with Crippen LogP contribution in [-0.2, 0) is 31.5 Å². The number of hydrogen-bond acceptors (Lipinski definition) is 8. The molecule has 10 nitrogen and oxygen atoms in total. The number of aliphatic hydroxyl groups is 1. The summed E-state index contributed by atoms with van der Waals surface area (Å²) in [5.41, 5.74) is 3.96. The van der Waals surface area contributed by atoms with Crippen molar-refractivity contribution in [2.45, 2.75) is 33.6 Å². The summed E-state index contributed by atoms with van der Waals surface area (Å²) in [6.07, 6.45) is 4.85. The molecule has 11 heteroatoms. The number of aryl methyl sites for hydroxylation is 2. The van der Waals surface area contributed by atoms with Crippen LogP contribution in [0, 0.1) is 6.92 Å². The van der Waals surface area contributed by atoms with E-state index in [-0.39, 0.29) is 25.7 Å². The minimum absolute atomic E-state index is 0.179. The largest absolute Gasteiger partial charge is 0.390 e. The van der Waals surface area contributed by atoms with Crippen molar-refractivity contribution in [3.8, 4) is 16.5 Å². The molecule has 0 bridgehead atoms. The summed E-state index contributed by atoms with van der Waals surface area (Å²) in [6.45, 7) is 4.53. The molecule has 0 unspecified atom stereocenters. The van der Waals surface area contributed by atoms with Crippen LogP contribution in [0.25, 0.3) is 16.5 Å². The van der Waals surface area contributed by atoms with Gasteiger partial charge in [0.1, 0.15) is 0 Å². The molecule has 0 radical (unpaired) electrons. The molecule has 1 amide bonds. The number of hydrogen-bond donors (Lipinski definition) is 2. The van der Waals surface area contributed by atoms with E-state index >= 15 is 0 Å². The number of rotatable bonds is 9. The van der Waals surface area contributed by atoms with Gasteiger partial charge in [0.15, 0.2) is 0 Å². The predicted octanol–water partition coefficient (Wildman–Crippen LogP) is 2.39. The van der Waals surface area contributed by atoms with Crippen molar-refractivity contribution in [1.82, 2.24) is 34.6 Å². The Labute approximate surface area is 194 Å². The first-order valence-electron chi connectivity index (χ1n) is 10.4. The Kier molecular flexibility index (Phi) is 6.92. The zero-order valence-electron chi connectivity index (χ0n) is 18.6. The highest BCUT2D eigenvalue weighted by Gasteiger charge is 2.21. The van der Waals surface area contributed by atoms with Gasteiger partial charge in [-0.05, 0) is 30.9 Å². The van der Waals surface area contributed by atoms with E-state index in [1.807, 2.05) is 38.4 Å². The maximum Gasteiger partial charge on any atom is 0.255 e. The van der Waals surface area contributed by atoms with Gasteiger partial charge in [0.25, 0.3) is 11.9 Å². The molecule has 0 aliphatic rings. The maximum absolute atomic E-state index is 13.0. The number of nitrogens with zero attached hydrogens (tertiary/aromatic N) is 6. The number of carbonyl (C=O) groups is 1. The molecule has 0 atom stereocenters. The van der Waals surface area contributed by atoms with Crippen LogP contribution in [0.2, 0.25) is 0 Å². The molecule has 0 spiro atoms. The molecule has 0 saturated carbocycles. The summed E-state index contributed by atoms with van der Waals surface area (Å²) in [5.74, 6) is 0.0542. The zero-order chi connectivity index (χ0) is 23.4. The molecule has 4 heterocycles. The molecular weight excluding hydrogens is 442 g/mol. The first-order chi connectivity index (χ1) is 16.0. The third kappa shape index (κ3) is 4.70. The first kappa shape index (κ1) is 22.8. The Morgan fingerprint density at radius 3 is 2.85 bits per heavy atom. The van der Waals surface area contributed by atoms with Gasteiger partial charge in [-0.1, -0.05) is 6.07 Å². The zero-order valence-corrected chi connectivity index (χ0v) is 19.5. The van der Waals surface area contributed by atoms with Gasteiger partial charge in [-0.3, -0.25) is 4.79 Å². The average Bonchev–Trinajstić information content (AvgIpc) is 3.56. The van der Waals surface area contributed by atoms with E-state index in [0.717, 1.165) is 21.8 Å². The standard InChI is InChI=1S/C22H25N7O3S/c1-4-32-12-18-15(21(31)23-10-17-16(11-30)25-13-28(17)3)9-26-29(18)22-24-8-14(2)20(27-22)19-6-5-7-33-19/h5-9,13,30H,4,10-12H2,1-3H3,(H,23,31). The van der Waals surface area contributed by atoms with Gasteiger partial charge >= 0.3 is 0 Å². The van der Waals surface area contributed by atoms with E-state index in [1.165, 1.54) is 6.20 Å². The van der Waals surface area contributed by atoms with E-state index in [9.17, 15) is 9.90 Å². The molecule has 0 fully saturated rings. The van der Waals surface area contributed by atoms with Gasteiger partial charge in [0.05, 0.1) is 65.5 Å². The molecule has 172 valence electrons. The van der Waals surface area contributed by atoms with Gasteiger partial charge in [-0.25, -0.2) is 15.0 Å². The number of imidazole rings is 1. The summed E-state index contributed by atoms with van der Waals surface area (Å²) < 4.78 is 8.93. The monoisotopic (exact) mass is 467 g/mol. The smallest absolute Gasteiger partial charge is 0.255 e. The van der Waals surface area contributed by atoms with E-state index in [1.54, 1.807) is 33.1 Å². The maximum atomic E-state index is 13.0. The topological polar surface area (TPSA) is 120 Å². The molecule has 0 aliphatic heterocycles. The Morgan fingerprint density at radius 1 is 1.27 bits per heavy atom. The van der Waals surface area contributed by atoms with Gasteiger partial charge in [0, 0.05) is 19.9 Å². The first-order valence-corrected chi connectivity index (χ1v) is 11.3. The van der Waals surface area contributed by atoms with Crippen molar-refractivity contribution in [3.05, 3.63) is 64.4 Å². The molecule has 33 heavy (non-hydrogen) atoms. The molecule has 4 aromatic rings. The van der Waals surface area contributed by atoms with Crippen molar-refractivity contribution in [2.75, 3.05) is 6.61 Å². The fraction of sp³-hybridized carbons (Fsp3) is 0.318. The third-order valence-electron chi connectivity index (χ3n) is 5.17. The summed E-state index contributed by atoms with van der Waals surface area (Å²) in [5, 5.41) is 18.7. The second-order valence-corrected chi connectivity index (χ2v) is 8.27. The quantitative estimate of drug-likeness (QED) is 0.388.